The fraction of sp³-hybridized carbons (Fsp3) is 0.500. The molecule has 0 saturated heterocycles. The number of aliphatic hydroxyl groups is 1. The SMILES string of the molecule is CC[C@H](Nc1nc(NCc2ccccc2)c2ncn(C(C)C)c2n1)C(O)C(C)C. The number of hydrogen-bond donors (Lipinski definition) is 3. The van der Waals surface area contributed by atoms with Crippen LogP contribution < -0.4 is 10.6 Å². The average molecular weight is 397 g/mol. The first kappa shape index (κ1) is 21.0. The number of nitrogens with zero attached hydrogens (tertiary/aromatic N) is 4. The molecule has 2 heterocycles. The predicted octanol–water partition coefficient (Wildman–Crippen LogP) is 4.23. The van der Waals surface area contributed by atoms with E-state index in [0.29, 0.717) is 18.3 Å². The van der Waals surface area contributed by atoms with Crippen LogP contribution in [0.2, 0.25) is 0 Å². The molecule has 0 amide bonds. The van der Waals surface area contributed by atoms with Crippen LogP contribution in [-0.4, -0.2) is 36.8 Å². The van der Waals surface area contributed by atoms with Crippen molar-refractivity contribution in [1.29, 1.82) is 0 Å². The summed E-state index contributed by atoms with van der Waals surface area (Å²) in [4.78, 5) is 14.0. The van der Waals surface area contributed by atoms with Crippen molar-refractivity contribution in [3.63, 3.8) is 0 Å². The lowest BCUT2D eigenvalue weighted by Crippen LogP contribution is -2.37. The highest BCUT2D eigenvalue weighted by Crippen LogP contribution is 2.25. The van der Waals surface area contributed by atoms with Gasteiger partial charge in [0.15, 0.2) is 17.0 Å². The van der Waals surface area contributed by atoms with Crippen LogP contribution in [0.25, 0.3) is 11.2 Å². The molecule has 3 N–H and O–H groups in total. The molecular weight excluding hydrogens is 364 g/mol. The van der Waals surface area contributed by atoms with E-state index in [1.54, 1.807) is 0 Å². The Balaban J connectivity index is 1.95. The maximum atomic E-state index is 10.5. The summed E-state index contributed by atoms with van der Waals surface area (Å²) in [5.74, 6) is 1.34. The summed E-state index contributed by atoms with van der Waals surface area (Å²) < 4.78 is 2.04. The second kappa shape index (κ2) is 9.22. The van der Waals surface area contributed by atoms with E-state index in [2.05, 4.69) is 48.5 Å². The zero-order valence-electron chi connectivity index (χ0n) is 17.9. The van der Waals surface area contributed by atoms with E-state index in [9.17, 15) is 5.11 Å². The number of benzene rings is 1. The second-order valence-corrected chi connectivity index (χ2v) is 8.05. The lowest BCUT2D eigenvalue weighted by atomic mass is 9.98. The zero-order chi connectivity index (χ0) is 21.0. The van der Waals surface area contributed by atoms with Gasteiger partial charge >= 0.3 is 0 Å². The number of aliphatic hydroxyl groups excluding tert-OH is 1. The van der Waals surface area contributed by atoms with Crippen LogP contribution >= 0.6 is 0 Å². The number of hydrogen-bond acceptors (Lipinski definition) is 6. The summed E-state index contributed by atoms with van der Waals surface area (Å²) in [5.41, 5.74) is 2.69. The van der Waals surface area contributed by atoms with Gasteiger partial charge in [-0.1, -0.05) is 51.1 Å². The van der Waals surface area contributed by atoms with E-state index >= 15 is 0 Å². The van der Waals surface area contributed by atoms with Gasteiger partial charge < -0.3 is 20.3 Å². The van der Waals surface area contributed by atoms with E-state index in [0.717, 1.165) is 17.6 Å². The molecule has 1 aromatic carbocycles. The fourth-order valence-corrected chi connectivity index (χ4v) is 3.32. The Labute approximate surface area is 172 Å². The molecule has 0 aliphatic heterocycles. The van der Waals surface area contributed by atoms with Crippen LogP contribution in [0.1, 0.15) is 52.6 Å². The van der Waals surface area contributed by atoms with Crippen molar-refractivity contribution in [3.8, 4) is 0 Å². The van der Waals surface area contributed by atoms with Crippen molar-refractivity contribution in [1.82, 2.24) is 19.5 Å². The quantitative estimate of drug-likeness (QED) is 0.502. The molecule has 0 bridgehead atoms. The molecule has 2 aromatic heterocycles. The molecule has 29 heavy (non-hydrogen) atoms. The summed E-state index contributed by atoms with van der Waals surface area (Å²) >= 11 is 0. The molecule has 0 saturated carbocycles. The highest BCUT2D eigenvalue weighted by atomic mass is 16.3. The summed E-state index contributed by atoms with van der Waals surface area (Å²) in [6.45, 7) is 10.9. The van der Waals surface area contributed by atoms with Gasteiger partial charge in [-0.05, 0) is 31.7 Å². The second-order valence-electron chi connectivity index (χ2n) is 8.05. The van der Waals surface area contributed by atoms with Crippen molar-refractivity contribution >= 4 is 22.9 Å². The Morgan fingerprint density at radius 3 is 2.41 bits per heavy atom. The minimum atomic E-state index is -0.477. The number of anilines is 2. The van der Waals surface area contributed by atoms with Crippen LogP contribution in [0.3, 0.4) is 0 Å². The van der Waals surface area contributed by atoms with Gasteiger partial charge in [0.2, 0.25) is 5.95 Å². The van der Waals surface area contributed by atoms with Gasteiger partial charge in [0.25, 0.3) is 0 Å². The minimum absolute atomic E-state index is 0.121. The third-order valence-electron chi connectivity index (χ3n) is 5.13. The molecular formula is C22H32N6O. The van der Waals surface area contributed by atoms with Crippen LogP contribution in [0.4, 0.5) is 11.8 Å². The van der Waals surface area contributed by atoms with E-state index < -0.39 is 6.10 Å². The van der Waals surface area contributed by atoms with Crippen molar-refractivity contribution in [2.75, 3.05) is 10.6 Å². The molecule has 0 radical (unpaired) electrons. The molecule has 7 nitrogen and oxygen atoms in total. The van der Waals surface area contributed by atoms with Gasteiger partial charge in [-0.2, -0.15) is 9.97 Å². The van der Waals surface area contributed by atoms with Crippen LogP contribution in [0.5, 0.6) is 0 Å². The first-order chi connectivity index (χ1) is 13.9. The molecule has 0 fully saturated rings. The molecule has 3 aromatic rings. The summed E-state index contributed by atoms with van der Waals surface area (Å²) in [6.07, 6.45) is 2.11. The van der Waals surface area contributed by atoms with Crippen LogP contribution in [-0.2, 0) is 6.54 Å². The molecule has 3 rings (SSSR count). The molecule has 0 aliphatic rings. The van der Waals surface area contributed by atoms with E-state index in [1.807, 2.05) is 42.9 Å². The maximum Gasteiger partial charge on any atom is 0.227 e. The van der Waals surface area contributed by atoms with Gasteiger partial charge in [0.1, 0.15) is 0 Å². The van der Waals surface area contributed by atoms with Crippen molar-refractivity contribution in [3.05, 3.63) is 42.2 Å². The Bertz CT molecular complexity index is 922. The maximum absolute atomic E-state index is 10.5. The lowest BCUT2D eigenvalue weighted by molar-refractivity contribution is 0.103. The van der Waals surface area contributed by atoms with Gasteiger partial charge in [0.05, 0.1) is 18.5 Å². The highest BCUT2D eigenvalue weighted by Gasteiger charge is 2.23. The Morgan fingerprint density at radius 2 is 1.79 bits per heavy atom. The molecule has 156 valence electrons. The van der Waals surface area contributed by atoms with Crippen molar-refractivity contribution < 1.29 is 5.11 Å². The summed E-state index contributed by atoms with van der Waals surface area (Å²) in [5, 5.41) is 17.3. The summed E-state index contributed by atoms with van der Waals surface area (Å²) in [6, 6.07) is 10.3. The van der Waals surface area contributed by atoms with Crippen LogP contribution in [0.15, 0.2) is 36.7 Å². The third-order valence-corrected chi connectivity index (χ3v) is 5.13. The molecule has 7 heteroatoms. The first-order valence-electron chi connectivity index (χ1n) is 10.4. The van der Waals surface area contributed by atoms with Gasteiger partial charge in [-0.3, -0.25) is 0 Å². The number of rotatable bonds is 9. The fourth-order valence-electron chi connectivity index (χ4n) is 3.32. The van der Waals surface area contributed by atoms with Crippen LogP contribution in [0, 0.1) is 5.92 Å². The number of fused-ring (bicyclic) bond motifs is 1. The third kappa shape index (κ3) is 4.85. The standard InChI is InChI=1S/C22H32N6O/c1-6-17(19(29)14(2)3)25-22-26-20(23-12-16-10-8-7-9-11-16)18-21(27-22)28(13-24-18)15(4)5/h7-11,13-15,17,19,29H,6,12H2,1-5H3,(H2,23,25,26,27)/t17-,19?/m0/s1. The minimum Gasteiger partial charge on any atom is -0.391 e. The predicted molar refractivity (Wildman–Crippen MR) is 118 cm³/mol. The first-order valence-corrected chi connectivity index (χ1v) is 10.4. The number of nitrogens with one attached hydrogen (secondary N) is 2. The topological polar surface area (TPSA) is 87.9 Å². The molecule has 0 aliphatic carbocycles. The smallest absolute Gasteiger partial charge is 0.227 e. The largest absolute Gasteiger partial charge is 0.391 e. The lowest BCUT2D eigenvalue weighted by Gasteiger charge is -2.26. The monoisotopic (exact) mass is 396 g/mol. The normalized spacial score (nSPS) is 13.8. The van der Waals surface area contributed by atoms with Gasteiger partial charge in [-0.15, -0.1) is 0 Å². The molecule has 0 spiro atoms. The average Bonchev–Trinajstić information content (AvgIpc) is 3.14. The number of aromatic nitrogens is 4. The van der Waals surface area contributed by atoms with Gasteiger partial charge in [0, 0.05) is 12.6 Å². The Kier molecular flexibility index (Phi) is 6.69. The van der Waals surface area contributed by atoms with E-state index in [4.69, 9.17) is 9.97 Å². The Hall–Kier alpha value is -2.67. The van der Waals surface area contributed by atoms with E-state index in [-0.39, 0.29) is 18.0 Å². The van der Waals surface area contributed by atoms with E-state index in [1.165, 1.54) is 5.56 Å². The number of imidazole rings is 1. The van der Waals surface area contributed by atoms with Gasteiger partial charge in [-0.25, -0.2) is 4.98 Å². The Morgan fingerprint density at radius 1 is 1.07 bits per heavy atom. The van der Waals surface area contributed by atoms with Crippen molar-refractivity contribution in [2.24, 2.45) is 5.92 Å². The van der Waals surface area contributed by atoms with Crippen molar-refractivity contribution in [2.45, 2.75) is 65.8 Å². The highest BCUT2D eigenvalue weighted by molar-refractivity contribution is 5.84. The zero-order valence-corrected chi connectivity index (χ0v) is 17.9. The molecule has 1 unspecified atom stereocenters. The molecule has 2 atom stereocenters. The summed E-state index contributed by atoms with van der Waals surface area (Å²) in [7, 11) is 0.